The lowest BCUT2D eigenvalue weighted by atomic mass is 10.1. The van der Waals surface area contributed by atoms with Gasteiger partial charge in [0.15, 0.2) is 0 Å². The van der Waals surface area contributed by atoms with E-state index in [-0.39, 0.29) is 11.3 Å². The second-order valence-electron chi connectivity index (χ2n) is 2.83. The Kier molecular flexibility index (Phi) is 1.96. The average molecular weight is 195 g/mol. The second-order valence-corrected chi connectivity index (χ2v) is 2.83. The van der Waals surface area contributed by atoms with Gasteiger partial charge >= 0.3 is 0 Å². The van der Waals surface area contributed by atoms with Gasteiger partial charge in [-0.1, -0.05) is 0 Å². The van der Waals surface area contributed by atoms with Crippen LogP contribution in [-0.4, -0.2) is 0 Å². The number of halogens is 2. The number of benzene rings is 1. The number of anilines is 1. The lowest BCUT2D eigenvalue weighted by Gasteiger charge is -2.02. The molecule has 1 heterocycles. The molecule has 72 valence electrons. The van der Waals surface area contributed by atoms with Gasteiger partial charge in [0.05, 0.1) is 17.5 Å². The summed E-state index contributed by atoms with van der Waals surface area (Å²) in [5, 5.41) is 0. The molecule has 0 bridgehead atoms. The largest absolute Gasteiger partial charge is 0.464 e. The van der Waals surface area contributed by atoms with Crippen molar-refractivity contribution in [1.29, 1.82) is 0 Å². The molecule has 0 aliphatic carbocycles. The molecule has 2 N–H and O–H groups in total. The number of nitrogens with two attached hydrogens (primary N) is 1. The van der Waals surface area contributed by atoms with Crippen molar-refractivity contribution in [2.45, 2.75) is 0 Å². The van der Waals surface area contributed by atoms with Crippen LogP contribution >= 0.6 is 0 Å². The fraction of sp³-hybridized carbons (Fsp3) is 0. The highest BCUT2D eigenvalue weighted by molar-refractivity contribution is 5.63. The van der Waals surface area contributed by atoms with Crippen LogP contribution in [0.3, 0.4) is 0 Å². The summed E-state index contributed by atoms with van der Waals surface area (Å²) in [6.07, 6.45) is 1.41. The molecule has 0 radical (unpaired) electrons. The first-order chi connectivity index (χ1) is 6.68. The molecule has 0 aliphatic rings. The number of nitrogen functional groups attached to an aromatic ring is 1. The highest BCUT2D eigenvalue weighted by atomic mass is 19.1. The molecule has 2 nitrogen and oxygen atoms in total. The summed E-state index contributed by atoms with van der Waals surface area (Å²) in [5.41, 5.74) is 5.37. The van der Waals surface area contributed by atoms with E-state index in [0.29, 0.717) is 5.76 Å². The second kappa shape index (κ2) is 3.14. The topological polar surface area (TPSA) is 39.2 Å². The summed E-state index contributed by atoms with van der Waals surface area (Å²) < 4.78 is 31.0. The zero-order valence-electron chi connectivity index (χ0n) is 7.13. The first-order valence-corrected chi connectivity index (χ1v) is 3.97. The van der Waals surface area contributed by atoms with E-state index in [9.17, 15) is 8.78 Å². The summed E-state index contributed by atoms with van der Waals surface area (Å²) in [6, 6.07) is 5.15. The van der Waals surface area contributed by atoms with E-state index in [1.807, 2.05) is 0 Å². The van der Waals surface area contributed by atoms with E-state index in [2.05, 4.69) is 0 Å². The maximum Gasteiger partial charge on any atom is 0.149 e. The zero-order chi connectivity index (χ0) is 10.1. The Balaban J connectivity index is 2.60. The molecule has 0 saturated heterocycles. The molecular formula is C10H7F2NO. The third-order valence-electron chi connectivity index (χ3n) is 1.87. The van der Waals surface area contributed by atoms with E-state index in [4.69, 9.17) is 10.2 Å². The van der Waals surface area contributed by atoms with Crippen LogP contribution in [0, 0.1) is 11.6 Å². The van der Waals surface area contributed by atoms with E-state index >= 15 is 0 Å². The van der Waals surface area contributed by atoms with Crippen molar-refractivity contribution in [2.75, 3.05) is 5.73 Å². The molecule has 0 unspecified atom stereocenters. The van der Waals surface area contributed by atoms with Crippen molar-refractivity contribution in [1.82, 2.24) is 0 Å². The molecule has 14 heavy (non-hydrogen) atoms. The van der Waals surface area contributed by atoms with Crippen LogP contribution in [0.2, 0.25) is 0 Å². The molecule has 0 saturated carbocycles. The molecule has 2 aromatic rings. The molecule has 0 atom stereocenters. The van der Waals surface area contributed by atoms with Crippen LogP contribution in [0.25, 0.3) is 11.3 Å². The Hall–Kier alpha value is -1.84. The fourth-order valence-electron chi connectivity index (χ4n) is 1.19. The summed E-state index contributed by atoms with van der Waals surface area (Å²) in [5.74, 6) is -1.13. The Morgan fingerprint density at radius 2 is 1.93 bits per heavy atom. The van der Waals surface area contributed by atoms with Crippen LogP contribution in [0.5, 0.6) is 0 Å². The van der Waals surface area contributed by atoms with Gasteiger partial charge in [-0.3, -0.25) is 0 Å². The van der Waals surface area contributed by atoms with Crippen molar-refractivity contribution in [2.24, 2.45) is 0 Å². The Bertz CT molecular complexity index is 451. The standard InChI is InChI=1S/C10H7F2NO/c11-7-5-8(12)9(13)4-6(7)10-2-1-3-14-10/h1-5H,13H2. The normalized spacial score (nSPS) is 10.4. The lowest BCUT2D eigenvalue weighted by molar-refractivity contribution is 0.561. The first-order valence-electron chi connectivity index (χ1n) is 3.97. The zero-order valence-corrected chi connectivity index (χ0v) is 7.13. The van der Waals surface area contributed by atoms with Gasteiger partial charge in [0.25, 0.3) is 0 Å². The lowest BCUT2D eigenvalue weighted by Crippen LogP contribution is -1.93. The van der Waals surface area contributed by atoms with E-state index in [1.165, 1.54) is 12.3 Å². The van der Waals surface area contributed by atoms with E-state index in [0.717, 1.165) is 6.07 Å². The minimum atomic E-state index is -0.766. The number of hydrogen-bond acceptors (Lipinski definition) is 2. The predicted molar refractivity (Wildman–Crippen MR) is 48.5 cm³/mol. The quantitative estimate of drug-likeness (QED) is 0.710. The van der Waals surface area contributed by atoms with Crippen LogP contribution in [0.4, 0.5) is 14.5 Å². The van der Waals surface area contributed by atoms with Gasteiger partial charge in [0.1, 0.15) is 17.4 Å². The monoisotopic (exact) mass is 195 g/mol. The molecule has 0 spiro atoms. The molecule has 1 aromatic carbocycles. The van der Waals surface area contributed by atoms with Crippen LogP contribution in [0.15, 0.2) is 34.9 Å². The fourth-order valence-corrected chi connectivity index (χ4v) is 1.19. The van der Waals surface area contributed by atoms with Crippen molar-refractivity contribution in [3.63, 3.8) is 0 Å². The van der Waals surface area contributed by atoms with Crippen molar-refractivity contribution < 1.29 is 13.2 Å². The molecule has 0 aliphatic heterocycles. The smallest absolute Gasteiger partial charge is 0.149 e. The summed E-state index contributed by atoms with van der Waals surface area (Å²) >= 11 is 0. The van der Waals surface area contributed by atoms with Gasteiger partial charge in [-0.25, -0.2) is 8.78 Å². The summed E-state index contributed by atoms with van der Waals surface area (Å²) in [7, 11) is 0. The minimum absolute atomic E-state index is 0.0993. The van der Waals surface area contributed by atoms with E-state index < -0.39 is 11.6 Å². The summed E-state index contributed by atoms with van der Waals surface area (Å²) in [4.78, 5) is 0. The van der Waals surface area contributed by atoms with Crippen molar-refractivity contribution in [3.8, 4) is 11.3 Å². The van der Waals surface area contributed by atoms with E-state index in [1.54, 1.807) is 12.1 Å². The molecule has 1 aromatic heterocycles. The molecule has 0 fully saturated rings. The SMILES string of the molecule is Nc1cc(-c2ccco2)c(F)cc1F. The first kappa shape index (κ1) is 8.74. The Labute approximate surface area is 79.0 Å². The number of hydrogen-bond donors (Lipinski definition) is 1. The van der Waals surface area contributed by atoms with Gasteiger partial charge in [-0.05, 0) is 18.2 Å². The minimum Gasteiger partial charge on any atom is -0.464 e. The summed E-state index contributed by atoms with van der Waals surface area (Å²) in [6.45, 7) is 0. The number of rotatable bonds is 1. The highest BCUT2D eigenvalue weighted by Crippen LogP contribution is 2.26. The predicted octanol–water partition coefficient (Wildman–Crippen LogP) is 2.81. The highest BCUT2D eigenvalue weighted by Gasteiger charge is 2.11. The van der Waals surface area contributed by atoms with Gasteiger partial charge in [0.2, 0.25) is 0 Å². The average Bonchev–Trinajstić information content (AvgIpc) is 2.64. The molecule has 0 amide bonds. The molecule has 2 rings (SSSR count). The van der Waals surface area contributed by atoms with Gasteiger partial charge in [-0.15, -0.1) is 0 Å². The van der Waals surface area contributed by atoms with Crippen LogP contribution in [-0.2, 0) is 0 Å². The third-order valence-corrected chi connectivity index (χ3v) is 1.87. The molecular weight excluding hydrogens is 188 g/mol. The third kappa shape index (κ3) is 1.35. The van der Waals surface area contributed by atoms with Crippen molar-refractivity contribution in [3.05, 3.63) is 42.2 Å². The maximum absolute atomic E-state index is 13.2. The van der Waals surface area contributed by atoms with Gasteiger partial charge < -0.3 is 10.2 Å². The van der Waals surface area contributed by atoms with Gasteiger partial charge in [-0.2, -0.15) is 0 Å². The van der Waals surface area contributed by atoms with Crippen LogP contribution < -0.4 is 5.73 Å². The number of furan rings is 1. The Morgan fingerprint density at radius 3 is 2.57 bits per heavy atom. The van der Waals surface area contributed by atoms with Gasteiger partial charge in [0, 0.05) is 6.07 Å². The van der Waals surface area contributed by atoms with Crippen molar-refractivity contribution >= 4 is 5.69 Å². The van der Waals surface area contributed by atoms with Crippen LogP contribution in [0.1, 0.15) is 0 Å². The molecule has 4 heteroatoms. The Morgan fingerprint density at radius 1 is 1.14 bits per heavy atom. The maximum atomic E-state index is 13.2.